The second-order valence-electron chi connectivity index (χ2n) is 6.11. The molecule has 3 aromatic rings. The standard InChI is InChI=1S/C17H20N6OS/c1-2-15-18-17(25-21-15)23-9-7-22(8-10-23)16(24)11-14-12-5-3-4-6-13(12)19-20-14/h3-6H,2,7-11H2,1H3,(H,19,20). The minimum atomic E-state index is 0.139. The van der Waals surface area contributed by atoms with E-state index < -0.39 is 0 Å². The zero-order chi connectivity index (χ0) is 17.2. The molecule has 1 aromatic carbocycles. The second-order valence-corrected chi connectivity index (χ2v) is 6.84. The van der Waals surface area contributed by atoms with Crippen molar-refractivity contribution in [2.45, 2.75) is 19.8 Å². The van der Waals surface area contributed by atoms with Crippen molar-refractivity contribution in [1.82, 2.24) is 24.5 Å². The zero-order valence-electron chi connectivity index (χ0n) is 14.1. The summed E-state index contributed by atoms with van der Waals surface area (Å²) >= 11 is 1.44. The van der Waals surface area contributed by atoms with Crippen molar-refractivity contribution < 1.29 is 4.79 Å². The second kappa shape index (κ2) is 6.79. The van der Waals surface area contributed by atoms with Gasteiger partial charge in [0.15, 0.2) is 0 Å². The van der Waals surface area contributed by atoms with Gasteiger partial charge in [0, 0.05) is 49.5 Å². The third-order valence-corrected chi connectivity index (χ3v) is 5.36. The number of aromatic amines is 1. The molecule has 1 fully saturated rings. The van der Waals surface area contributed by atoms with Gasteiger partial charge in [-0.05, 0) is 6.07 Å². The molecule has 4 rings (SSSR count). The number of carbonyl (C=O) groups is 1. The van der Waals surface area contributed by atoms with Crippen LogP contribution < -0.4 is 4.90 Å². The number of nitrogens with one attached hydrogen (secondary N) is 1. The summed E-state index contributed by atoms with van der Waals surface area (Å²) in [5.41, 5.74) is 1.79. The molecule has 1 aliphatic heterocycles. The molecule has 0 spiro atoms. The van der Waals surface area contributed by atoms with E-state index in [9.17, 15) is 4.79 Å². The maximum atomic E-state index is 12.6. The van der Waals surface area contributed by atoms with E-state index >= 15 is 0 Å². The van der Waals surface area contributed by atoms with Gasteiger partial charge in [-0.1, -0.05) is 25.1 Å². The van der Waals surface area contributed by atoms with Gasteiger partial charge < -0.3 is 9.80 Å². The van der Waals surface area contributed by atoms with Crippen LogP contribution in [0.3, 0.4) is 0 Å². The highest BCUT2D eigenvalue weighted by Crippen LogP contribution is 2.20. The topological polar surface area (TPSA) is 78.0 Å². The van der Waals surface area contributed by atoms with Crippen molar-refractivity contribution in [3.8, 4) is 0 Å². The predicted octanol–water partition coefficient (Wildman–Crippen LogP) is 1.87. The Bertz CT molecular complexity index is 880. The van der Waals surface area contributed by atoms with E-state index in [1.165, 1.54) is 11.5 Å². The number of nitrogens with zero attached hydrogens (tertiary/aromatic N) is 5. The lowest BCUT2D eigenvalue weighted by molar-refractivity contribution is -0.130. The highest BCUT2D eigenvalue weighted by molar-refractivity contribution is 7.09. The largest absolute Gasteiger partial charge is 0.343 e. The molecule has 8 heteroatoms. The van der Waals surface area contributed by atoms with Crippen LogP contribution in [0.2, 0.25) is 0 Å². The molecule has 2 aromatic heterocycles. The van der Waals surface area contributed by atoms with Crippen molar-refractivity contribution >= 4 is 33.5 Å². The molecule has 1 saturated heterocycles. The Morgan fingerprint density at radius 3 is 2.80 bits per heavy atom. The van der Waals surface area contributed by atoms with Crippen LogP contribution in [0.25, 0.3) is 10.9 Å². The molecule has 0 atom stereocenters. The molecule has 3 heterocycles. The third kappa shape index (κ3) is 3.21. The monoisotopic (exact) mass is 356 g/mol. The first-order chi connectivity index (χ1) is 12.2. The summed E-state index contributed by atoms with van der Waals surface area (Å²) in [4.78, 5) is 21.3. The van der Waals surface area contributed by atoms with Crippen LogP contribution in [0.4, 0.5) is 5.13 Å². The molecule has 1 amide bonds. The Balaban J connectivity index is 1.38. The molecular weight excluding hydrogens is 336 g/mol. The average Bonchev–Trinajstić information content (AvgIpc) is 3.29. The normalized spacial score (nSPS) is 15.1. The van der Waals surface area contributed by atoms with Gasteiger partial charge in [0.1, 0.15) is 5.82 Å². The lowest BCUT2D eigenvalue weighted by Crippen LogP contribution is -2.49. The number of benzene rings is 1. The van der Waals surface area contributed by atoms with Crippen LogP contribution in [-0.4, -0.2) is 56.5 Å². The minimum Gasteiger partial charge on any atom is -0.343 e. The molecule has 25 heavy (non-hydrogen) atoms. The predicted molar refractivity (Wildman–Crippen MR) is 97.9 cm³/mol. The molecule has 1 N–H and O–H groups in total. The van der Waals surface area contributed by atoms with Crippen molar-refractivity contribution in [3.05, 3.63) is 35.8 Å². The quantitative estimate of drug-likeness (QED) is 0.772. The van der Waals surface area contributed by atoms with E-state index in [1.807, 2.05) is 29.2 Å². The Labute approximate surface area is 149 Å². The first-order valence-corrected chi connectivity index (χ1v) is 9.29. The summed E-state index contributed by atoms with van der Waals surface area (Å²) in [5, 5.41) is 9.25. The van der Waals surface area contributed by atoms with Gasteiger partial charge in [0.05, 0.1) is 17.6 Å². The number of carbonyl (C=O) groups excluding carboxylic acids is 1. The number of amides is 1. The lowest BCUT2D eigenvalue weighted by atomic mass is 10.1. The molecule has 130 valence electrons. The number of aromatic nitrogens is 4. The van der Waals surface area contributed by atoms with E-state index in [2.05, 4.69) is 31.4 Å². The van der Waals surface area contributed by atoms with E-state index in [0.717, 1.165) is 47.1 Å². The maximum absolute atomic E-state index is 12.6. The summed E-state index contributed by atoms with van der Waals surface area (Å²) in [6, 6.07) is 7.87. The number of para-hydroxylation sites is 1. The highest BCUT2D eigenvalue weighted by Gasteiger charge is 2.24. The Morgan fingerprint density at radius 1 is 1.24 bits per heavy atom. The fraction of sp³-hybridized carbons (Fsp3) is 0.412. The number of fused-ring (bicyclic) bond motifs is 1. The van der Waals surface area contributed by atoms with Gasteiger partial charge in [-0.25, -0.2) is 4.98 Å². The van der Waals surface area contributed by atoms with Crippen molar-refractivity contribution in [2.75, 3.05) is 31.1 Å². The summed E-state index contributed by atoms with van der Waals surface area (Å²) in [5.74, 6) is 1.03. The fourth-order valence-corrected chi connectivity index (χ4v) is 3.88. The fourth-order valence-electron chi connectivity index (χ4n) is 3.08. The zero-order valence-corrected chi connectivity index (χ0v) is 14.9. The lowest BCUT2D eigenvalue weighted by Gasteiger charge is -2.34. The van der Waals surface area contributed by atoms with E-state index in [4.69, 9.17) is 0 Å². The van der Waals surface area contributed by atoms with Gasteiger partial charge in [-0.3, -0.25) is 9.89 Å². The summed E-state index contributed by atoms with van der Waals surface area (Å²) in [6.07, 6.45) is 1.21. The number of anilines is 1. The number of piperazine rings is 1. The molecule has 7 nitrogen and oxygen atoms in total. The Kier molecular flexibility index (Phi) is 4.35. The Hall–Kier alpha value is -2.48. The van der Waals surface area contributed by atoms with Gasteiger partial charge in [0.25, 0.3) is 0 Å². The third-order valence-electron chi connectivity index (χ3n) is 4.54. The smallest absolute Gasteiger partial charge is 0.228 e. The first kappa shape index (κ1) is 16.0. The summed E-state index contributed by atoms with van der Waals surface area (Å²) in [6.45, 7) is 5.08. The van der Waals surface area contributed by atoms with Crippen LogP contribution >= 0.6 is 11.5 Å². The van der Waals surface area contributed by atoms with Crippen LogP contribution in [-0.2, 0) is 17.6 Å². The summed E-state index contributed by atoms with van der Waals surface area (Å²) < 4.78 is 4.34. The van der Waals surface area contributed by atoms with Gasteiger partial charge in [-0.15, -0.1) is 0 Å². The van der Waals surface area contributed by atoms with Gasteiger partial charge in [0.2, 0.25) is 11.0 Å². The molecule has 0 bridgehead atoms. The van der Waals surface area contributed by atoms with Gasteiger partial charge >= 0.3 is 0 Å². The number of hydrogen-bond donors (Lipinski definition) is 1. The molecule has 1 aliphatic rings. The number of rotatable bonds is 4. The number of hydrogen-bond acceptors (Lipinski definition) is 6. The van der Waals surface area contributed by atoms with Crippen LogP contribution in [0, 0.1) is 0 Å². The van der Waals surface area contributed by atoms with Crippen LogP contribution in [0.5, 0.6) is 0 Å². The average molecular weight is 356 g/mol. The maximum Gasteiger partial charge on any atom is 0.228 e. The molecule has 0 unspecified atom stereocenters. The minimum absolute atomic E-state index is 0.139. The number of aryl methyl sites for hydroxylation is 1. The van der Waals surface area contributed by atoms with Gasteiger partial charge in [-0.2, -0.15) is 9.47 Å². The van der Waals surface area contributed by atoms with Crippen molar-refractivity contribution in [1.29, 1.82) is 0 Å². The van der Waals surface area contributed by atoms with E-state index in [1.54, 1.807) is 0 Å². The van der Waals surface area contributed by atoms with Crippen molar-refractivity contribution in [2.24, 2.45) is 0 Å². The first-order valence-electron chi connectivity index (χ1n) is 8.52. The van der Waals surface area contributed by atoms with E-state index in [0.29, 0.717) is 19.5 Å². The van der Waals surface area contributed by atoms with E-state index in [-0.39, 0.29) is 5.91 Å². The van der Waals surface area contributed by atoms with Crippen LogP contribution in [0.15, 0.2) is 24.3 Å². The summed E-state index contributed by atoms with van der Waals surface area (Å²) in [7, 11) is 0. The molecule has 0 radical (unpaired) electrons. The Morgan fingerprint density at radius 2 is 2.04 bits per heavy atom. The SMILES string of the molecule is CCc1nsc(N2CCN(C(=O)Cc3[nH]nc4ccccc34)CC2)n1. The van der Waals surface area contributed by atoms with Crippen LogP contribution in [0.1, 0.15) is 18.4 Å². The van der Waals surface area contributed by atoms with Crippen molar-refractivity contribution in [3.63, 3.8) is 0 Å². The number of H-pyrrole nitrogens is 1. The molecule has 0 saturated carbocycles. The molecular formula is C17H20N6OS. The highest BCUT2D eigenvalue weighted by atomic mass is 32.1. The molecule has 0 aliphatic carbocycles.